The molecule has 0 radical (unpaired) electrons. The van der Waals surface area contributed by atoms with E-state index in [4.69, 9.17) is 14.2 Å². The number of benzene rings is 3. The Morgan fingerprint density at radius 2 is 1.78 bits per heavy atom. The van der Waals surface area contributed by atoms with Gasteiger partial charge in [-0.3, -0.25) is 4.79 Å². The molecule has 5 heteroatoms. The minimum atomic E-state index is -0.304. The number of rotatable bonds is 3. The molecule has 1 aliphatic rings. The predicted octanol–water partition coefficient (Wildman–Crippen LogP) is 4.37. The lowest BCUT2D eigenvalue weighted by Gasteiger charge is -2.10. The van der Waals surface area contributed by atoms with Crippen LogP contribution in [0.1, 0.15) is 15.9 Å². The minimum absolute atomic E-state index is 0.0241. The van der Waals surface area contributed by atoms with Crippen molar-refractivity contribution in [1.82, 2.24) is 0 Å². The minimum Gasteiger partial charge on any atom is -0.493 e. The number of nitrogens with zero attached hydrogens (tertiary/aromatic N) is 1. The van der Waals surface area contributed by atoms with Gasteiger partial charge < -0.3 is 14.2 Å². The van der Waals surface area contributed by atoms with Crippen molar-refractivity contribution in [2.45, 2.75) is 0 Å². The topological polar surface area (TPSA) is 68.5 Å². The number of hydrogen-bond acceptors (Lipinski definition) is 5. The zero-order valence-electron chi connectivity index (χ0n) is 14.8. The highest BCUT2D eigenvalue weighted by atomic mass is 16.5. The maximum absolute atomic E-state index is 12.9. The van der Waals surface area contributed by atoms with E-state index < -0.39 is 0 Å². The fourth-order valence-electron chi connectivity index (χ4n) is 3.21. The van der Waals surface area contributed by atoms with Crippen molar-refractivity contribution in [2.75, 3.05) is 14.2 Å². The predicted molar refractivity (Wildman–Crippen MR) is 101 cm³/mol. The monoisotopic (exact) mass is 357 g/mol. The third-order valence-corrected chi connectivity index (χ3v) is 4.55. The van der Waals surface area contributed by atoms with Gasteiger partial charge in [0.05, 0.1) is 19.8 Å². The number of Topliss-reactive ketones (excluding diaryl/α,β-unsaturated/α-hetero) is 1. The maximum Gasteiger partial charge on any atom is 0.233 e. The average Bonchev–Trinajstić information content (AvgIpc) is 3.05. The first-order chi connectivity index (χ1) is 13.2. The summed E-state index contributed by atoms with van der Waals surface area (Å²) in [6.07, 6.45) is 0. The second-order valence-corrected chi connectivity index (χ2v) is 5.98. The fraction of sp³-hybridized carbons (Fsp3) is 0.0909. The van der Waals surface area contributed by atoms with Crippen LogP contribution in [-0.2, 0) is 0 Å². The summed E-state index contributed by atoms with van der Waals surface area (Å²) >= 11 is 0. The lowest BCUT2D eigenvalue weighted by molar-refractivity contribution is 0.101. The van der Waals surface area contributed by atoms with E-state index in [1.165, 1.54) is 14.2 Å². The first-order valence-corrected chi connectivity index (χ1v) is 8.29. The van der Waals surface area contributed by atoms with Gasteiger partial charge in [-0.05, 0) is 29.7 Å². The van der Waals surface area contributed by atoms with Crippen molar-refractivity contribution >= 4 is 22.1 Å². The molecule has 0 aliphatic carbocycles. The zero-order valence-corrected chi connectivity index (χ0v) is 14.8. The van der Waals surface area contributed by atoms with Crippen LogP contribution in [0.15, 0.2) is 60.4 Å². The SMILES string of the molecule is COc1ccc(/C(C#N)=C2\Oc3c(ccc4ccccc34)C2=O)cc1OC. The molecule has 27 heavy (non-hydrogen) atoms. The first-order valence-electron chi connectivity index (χ1n) is 8.29. The summed E-state index contributed by atoms with van der Waals surface area (Å²) in [5.74, 6) is 1.22. The molecular weight excluding hydrogens is 342 g/mol. The normalized spacial score (nSPS) is 14.3. The van der Waals surface area contributed by atoms with E-state index in [0.29, 0.717) is 28.4 Å². The molecule has 1 aliphatic heterocycles. The van der Waals surface area contributed by atoms with E-state index in [-0.39, 0.29) is 17.1 Å². The number of carbonyl (C=O) groups is 1. The summed E-state index contributed by atoms with van der Waals surface area (Å²) in [4.78, 5) is 12.9. The molecule has 0 N–H and O–H groups in total. The van der Waals surface area contributed by atoms with Crippen LogP contribution < -0.4 is 14.2 Å². The second-order valence-electron chi connectivity index (χ2n) is 5.98. The first kappa shape index (κ1) is 16.7. The van der Waals surface area contributed by atoms with E-state index in [1.54, 1.807) is 24.3 Å². The van der Waals surface area contributed by atoms with Gasteiger partial charge in [-0.2, -0.15) is 5.26 Å². The van der Waals surface area contributed by atoms with Gasteiger partial charge in [0.1, 0.15) is 17.4 Å². The molecule has 132 valence electrons. The second kappa shape index (κ2) is 6.50. The number of fused-ring (bicyclic) bond motifs is 3. The number of allylic oxidation sites excluding steroid dienone is 2. The van der Waals surface area contributed by atoms with E-state index >= 15 is 0 Å². The van der Waals surface area contributed by atoms with Crippen LogP contribution in [0, 0.1) is 11.3 Å². The number of methoxy groups -OCH3 is 2. The van der Waals surface area contributed by atoms with Gasteiger partial charge in [0.15, 0.2) is 17.3 Å². The Hall–Kier alpha value is -3.78. The van der Waals surface area contributed by atoms with E-state index in [9.17, 15) is 10.1 Å². The van der Waals surface area contributed by atoms with E-state index in [0.717, 1.165) is 10.8 Å². The highest BCUT2D eigenvalue weighted by molar-refractivity contribution is 6.20. The fourth-order valence-corrected chi connectivity index (χ4v) is 3.21. The largest absolute Gasteiger partial charge is 0.493 e. The van der Waals surface area contributed by atoms with Crippen LogP contribution in [0.3, 0.4) is 0 Å². The molecule has 0 spiro atoms. The molecule has 3 aromatic rings. The van der Waals surface area contributed by atoms with Gasteiger partial charge in [-0.25, -0.2) is 0 Å². The number of nitriles is 1. The lowest BCUT2D eigenvalue weighted by Crippen LogP contribution is -2.03. The van der Waals surface area contributed by atoms with Crippen molar-refractivity contribution in [2.24, 2.45) is 0 Å². The number of hydrogen-bond donors (Lipinski definition) is 0. The molecule has 0 saturated carbocycles. The summed E-state index contributed by atoms with van der Waals surface area (Å²) in [7, 11) is 3.05. The Balaban J connectivity index is 1.88. The van der Waals surface area contributed by atoms with Gasteiger partial charge in [0, 0.05) is 10.9 Å². The molecule has 0 saturated heterocycles. The lowest BCUT2D eigenvalue weighted by atomic mass is 10.0. The Labute approximate surface area is 156 Å². The number of carbonyl (C=O) groups excluding carboxylic acids is 1. The summed E-state index contributed by atoms with van der Waals surface area (Å²) in [6.45, 7) is 0. The molecule has 0 bridgehead atoms. The van der Waals surface area contributed by atoms with Crippen molar-refractivity contribution in [3.8, 4) is 23.3 Å². The Morgan fingerprint density at radius 1 is 1.00 bits per heavy atom. The summed E-state index contributed by atoms with van der Waals surface area (Å²) in [5, 5.41) is 11.5. The molecule has 0 aromatic heterocycles. The van der Waals surface area contributed by atoms with Crippen molar-refractivity contribution in [3.05, 3.63) is 71.5 Å². The molecule has 0 fully saturated rings. The summed E-state index contributed by atoms with van der Waals surface area (Å²) in [5.41, 5.74) is 1.13. The van der Waals surface area contributed by atoms with Crippen molar-refractivity contribution in [3.63, 3.8) is 0 Å². The smallest absolute Gasteiger partial charge is 0.233 e. The third-order valence-electron chi connectivity index (χ3n) is 4.55. The molecule has 0 amide bonds. The summed E-state index contributed by atoms with van der Waals surface area (Å²) < 4.78 is 16.4. The molecule has 3 aromatic carbocycles. The van der Waals surface area contributed by atoms with E-state index in [1.807, 2.05) is 30.3 Å². The van der Waals surface area contributed by atoms with E-state index in [2.05, 4.69) is 6.07 Å². The van der Waals surface area contributed by atoms with Crippen molar-refractivity contribution < 1.29 is 19.0 Å². The molecule has 0 atom stereocenters. The van der Waals surface area contributed by atoms with Gasteiger partial charge in [-0.1, -0.05) is 30.3 Å². The Kier molecular flexibility index (Phi) is 4.02. The van der Waals surface area contributed by atoms with Gasteiger partial charge in [-0.15, -0.1) is 0 Å². The van der Waals surface area contributed by atoms with Crippen LogP contribution in [0.25, 0.3) is 16.3 Å². The Morgan fingerprint density at radius 3 is 2.52 bits per heavy atom. The quantitative estimate of drug-likeness (QED) is 0.514. The average molecular weight is 357 g/mol. The molecule has 1 heterocycles. The molecular formula is C22H15NO4. The van der Waals surface area contributed by atoms with Gasteiger partial charge >= 0.3 is 0 Å². The van der Waals surface area contributed by atoms with Crippen LogP contribution in [0.2, 0.25) is 0 Å². The highest BCUT2D eigenvalue weighted by Gasteiger charge is 2.32. The van der Waals surface area contributed by atoms with Gasteiger partial charge in [0.2, 0.25) is 5.78 Å². The maximum atomic E-state index is 12.9. The highest BCUT2D eigenvalue weighted by Crippen LogP contribution is 2.40. The Bertz CT molecular complexity index is 1150. The number of ether oxygens (including phenoxy) is 3. The molecule has 4 rings (SSSR count). The van der Waals surface area contributed by atoms with Crippen LogP contribution in [0.5, 0.6) is 17.2 Å². The standard InChI is InChI=1S/C22H15NO4/c1-25-18-10-8-14(11-19(18)26-2)17(12-23)22-20(24)16-9-7-13-5-3-4-6-15(13)21(16)27-22/h3-11H,1-2H3/b22-17-. The zero-order chi connectivity index (χ0) is 19.0. The van der Waals surface area contributed by atoms with Gasteiger partial charge in [0.25, 0.3) is 0 Å². The van der Waals surface area contributed by atoms with Crippen LogP contribution in [-0.4, -0.2) is 20.0 Å². The molecule has 0 unspecified atom stereocenters. The van der Waals surface area contributed by atoms with Crippen molar-refractivity contribution in [1.29, 1.82) is 5.26 Å². The third kappa shape index (κ3) is 2.59. The summed E-state index contributed by atoms with van der Waals surface area (Å²) in [6, 6.07) is 18.4. The number of ketones is 1. The van der Waals surface area contributed by atoms with Crippen LogP contribution in [0.4, 0.5) is 0 Å². The molecule has 5 nitrogen and oxygen atoms in total. The van der Waals surface area contributed by atoms with Crippen LogP contribution >= 0.6 is 0 Å².